The molecule has 110 valence electrons. The molecule has 1 amide bonds. The minimum absolute atomic E-state index is 0.0934. The molecule has 1 fully saturated rings. The van der Waals surface area contributed by atoms with Crippen molar-refractivity contribution in [1.29, 1.82) is 0 Å². The van der Waals surface area contributed by atoms with Crippen LogP contribution in [0, 0.1) is 0 Å². The van der Waals surface area contributed by atoms with E-state index in [0.717, 1.165) is 37.4 Å². The maximum atomic E-state index is 12.0. The average molecular weight is 298 g/mol. The number of H-pyrrole nitrogens is 2. The molecule has 1 aliphatic carbocycles. The van der Waals surface area contributed by atoms with Crippen molar-refractivity contribution < 1.29 is 4.79 Å². The van der Waals surface area contributed by atoms with Gasteiger partial charge in [0, 0.05) is 6.04 Å². The SMILES string of the molecule is CC(Sc1n[nH]c(=O)[nH]c1=O)C(=O)NC1CCCCC1. The third-order valence-corrected chi connectivity index (χ3v) is 4.36. The minimum Gasteiger partial charge on any atom is -0.352 e. The molecule has 20 heavy (non-hydrogen) atoms. The maximum absolute atomic E-state index is 12.0. The number of rotatable bonds is 4. The normalized spacial score (nSPS) is 17.6. The second kappa shape index (κ2) is 6.74. The van der Waals surface area contributed by atoms with E-state index in [1.54, 1.807) is 6.92 Å². The van der Waals surface area contributed by atoms with Gasteiger partial charge in [-0.25, -0.2) is 9.89 Å². The van der Waals surface area contributed by atoms with E-state index in [1.807, 2.05) is 0 Å². The second-order valence-electron chi connectivity index (χ2n) is 4.92. The number of thioether (sulfide) groups is 1. The number of hydrogen-bond donors (Lipinski definition) is 3. The summed E-state index contributed by atoms with van der Waals surface area (Å²) < 4.78 is 0. The number of amides is 1. The van der Waals surface area contributed by atoms with Gasteiger partial charge in [0.2, 0.25) is 5.91 Å². The molecular formula is C12H18N4O3S. The van der Waals surface area contributed by atoms with Gasteiger partial charge in [0.15, 0.2) is 5.03 Å². The van der Waals surface area contributed by atoms with Gasteiger partial charge in [0.1, 0.15) is 0 Å². The monoisotopic (exact) mass is 298 g/mol. The molecule has 1 heterocycles. The van der Waals surface area contributed by atoms with Crippen LogP contribution < -0.4 is 16.6 Å². The number of nitrogens with zero attached hydrogens (tertiary/aromatic N) is 1. The highest BCUT2D eigenvalue weighted by molar-refractivity contribution is 8.00. The van der Waals surface area contributed by atoms with Crippen molar-refractivity contribution in [3.63, 3.8) is 0 Å². The largest absolute Gasteiger partial charge is 0.352 e. The fourth-order valence-electron chi connectivity index (χ4n) is 2.20. The third kappa shape index (κ3) is 3.96. The number of aromatic amines is 2. The highest BCUT2D eigenvalue weighted by Gasteiger charge is 2.21. The van der Waals surface area contributed by atoms with Crippen LogP contribution in [0.15, 0.2) is 14.6 Å². The summed E-state index contributed by atoms with van der Waals surface area (Å²) in [4.78, 5) is 36.5. The molecule has 0 radical (unpaired) electrons. The Morgan fingerprint density at radius 2 is 2.05 bits per heavy atom. The number of carbonyl (C=O) groups is 1. The smallest absolute Gasteiger partial charge is 0.342 e. The van der Waals surface area contributed by atoms with E-state index in [4.69, 9.17) is 0 Å². The summed E-state index contributed by atoms with van der Waals surface area (Å²) in [5.74, 6) is -0.102. The standard InChI is InChI=1S/C12H18N4O3S/c1-7(9(17)13-8-5-3-2-4-6-8)20-11-10(18)14-12(19)16-15-11/h7-8H,2-6H2,1H3,(H,13,17)(H2,14,16,18,19). The number of aromatic nitrogens is 3. The fourth-order valence-corrected chi connectivity index (χ4v) is 2.97. The molecule has 2 rings (SSSR count). The van der Waals surface area contributed by atoms with Gasteiger partial charge in [-0.2, -0.15) is 5.10 Å². The Kier molecular flexibility index (Phi) is 4.99. The summed E-state index contributed by atoms with van der Waals surface area (Å²) in [7, 11) is 0. The Balaban J connectivity index is 1.93. The Morgan fingerprint density at radius 1 is 1.35 bits per heavy atom. The number of carbonyl (C=O) groups excluding carboxylic acids is 1. The lowest BCUT2D eigenvalue weighted by molar-refractivity contribution is -0.121. The highest BCUT2D eigenvalue weighted by Crippen LogP contribution is 2.20. The summed E-state index contributed by atoms with van der Waals surface area (Å²) in [6, 6.07) is 0.237. The van der Waals surface area contributed by atoms with E-state index in [-0.39, 0.29) is 17.0 Å². The van der Waals surface area contributed by atoms with Crippen LogP contribution in [-0.4, -0.2) is 32.4 Å². The van der Waals surface area contributed by atoms with Gasteiger partial charge in [-0.05, 0) is 19.8 Å². The summed E-state index contributed by atoms with van der Waals surface area (Å²) >= 11 is 1.04. The highest BCUT2D eigenvalue weighted by atomic mass is 32.2. The molecule has 1 aliphatic rings. The van der Waals surface area contributed by atoms with E-state index in [0.29, 0.717) is 0 Å². The summed E-state index contributed by atoms with van der Waals surface area (Å²) in [6.45, 7) is 1.72. The molecule has 0 spiro atoms. The van der Waals surface area contributed by atoms with E-state index >= 15 is 0 Å². The van der Waals surface area contributed by atoms with Crippen LogP contribution in [-0.2, 0) is 4.79 Å². The molecule has 0 bridgehead atoms. The first kappa shape index (κ1) is 14.8. The minimum atomic E-state index is -0.654. The Labute approximate surface area is 119 Å². The first-order valence-corrected chi connectivity index (χ1v) is 7.60. The average Bonchev–Trinajstić information content (AvgIpc) is 2.43. The first-order chi connectivity index (χ1) is 9.56. The molecule has 3 N–H and O–H groups in total. The first-order valence-electron chi connectivity index (χ1n) is 6.72. The second-order valence-corrected chi connectivity index (χ2v) is 6.25. The number of hydrogen-bond acceptors (Lipinski definition) is 5. The van der Waals surface area contributed by atoms with Gasteiger partial charge in [-0.1, -0.05) is 31.0 Å². The third-order valence-electron chi connectivity index (χ3n) is 3.29. The number of nitrogens with one attached hydrogen (secondary N) is 3. The zero-order valence-electron chi connectivity index (χ0n) is 11.3. The lowest BCUT2D eigenvalue weighted by atomic mass is 9.95. The van der Waals surface area contributed by atoms with Gasteiger partial charge < -0.3 is 5.32 Å². The molecule has 8 heteroatoms. The lowest BCUT2D eigenvalue weighted by Crippen LogP contribution is -2.40. The van der Waals surface area contributed by atoms with Crippen molar-refractivity contribution in [2.75, 3.05) is 0 Å². The van der Waals surface area contributed by atoms with Crippen LogP contribution in [0.5, 0.6) is 0 Å². The van der Waals surface area contributed by atoms with Crippen LogP contribution in [0.4, 0.5) is 0 Å². The predicted molar refractivity (Wildman–Crippen MR) is 75.8 cm³/mol. The fraction of sp³-hybridized carbons (Fsp3) is 0.667. The van der Waals surface area contributed by atoms with Crippen molar-refractivity contribution >= 4 is 17.7 Å². The van der Waals surface area contributed by atoms with Crippen molar-refractivity contribution in [3.05, 3.63) is 20.8 Å². The molecule has 1 aromatic rings. The predicted octanol–water partition coefficient (Wildman–Crippen LogP) is 0.388. The molecule has 0 aliphatic heterocycles. The summed E-state index contributed by atoms with van der Waals surface area (Å²) in [5, 5.41) is 8.46. The molecule has 7 nitrogen and oxygen atoms in total. The van der Waals surface area contributed by atoms with Crippen LogP contribution in [0.25, 0.3) is 0 Å². The van der Waals surface area contributed by atoms with Gasteiger partial charge in [-0.15, -0.1) is 0 Å². The van der Waals surface area contributed by atoms with Crippen LogP contribution in [0.1, 0.15) is 39.0 Å². The van der Waals surface area contributed by atoms with Crippen molar-refractivity contribution in [3.8, 4) is 0 Å². The molecule has 1 aromatic heterocycles. The van der Waals surface area contributed by atoms with Crippen LogP contribution in [0.3, 0.4) is 0 Å². The zero-order chi connectivity index (χ0) is 14.5. The van der Waals surface area contributed by atoms with Crippen molar-refractivity contribution in [2.45, 2.75) is 55.3 Å². The van der Waals surface area contributed by atoms with Gasteiger partial charge >= 0.3 is 5.69 Å². The van der Waals surface area contributed by atoms with Crippen molar-refractivity contribution in [1.82, 2.24) is 20.5 Å². The topological polar surface area (TPSA) is 108 Å². The molecule has 0 saturated heterocycles. The quantitative estimate of drug-likeness (QED) is 0.697. The van der Waals surface area contributed by atoms with E-state index < -0.39 is 16.5 Å². The van der Waals surface area contributed by atoms with Gasteiger partial charge in [-0.3, -0.25) is 14.6 Å². The van der Waals surface area contributed by atoms with E-state index in [9.17, 15) is 14.4 Å². The molecule has 0 aromatic carbocycles. The van der Waals surface area contributed by atoms with Crippen molar-refractivity contribution in [2.24, 2.45) is 0 Å². The molecule has 1 atom stereocenters. The Hall–Kier alpha value is -1.57. The lowest BCUT2D eigenvalue weighted by Gasteiger charge is -2.24. The molecule has 1 saturated carbocycles. The molecule has 1 unspecified atom stereocenters. The summed E-state index contributed by atoms with van der Waals surface area (Å²) in [5.41, 5.74) is -1.23. The van der Waals surface area contributed by atoms with Gasteiger partial charge in [0.25, 0.3) is 5.56 Å². The zero-order valence-corrected chi connectivity index (χ0v) is 12.1. The van der Waals surface area contributed by atoms with Crippen LogP contribution >= 0.6 is 11.8 Å². The Morgan fingerprint density at radius 3 is 2.70 bits per heavy atom. The molecular weight excluding hydrogens is 280 g/mol. The Bertz CT molecular complexity index is 577. The van der Waals surface area contributed by atoms with E-state index in [1.165, 1.54) is 6.42 Å². The van der Waals surface area contributed by atoms with Crippen LogP contribution in [0.2, 0.25) is 0 Å². The maximum Gasteiger partial charge on any atom is 0.342 e. The van der Waals surface area contributed by atoms with Gasteiger partial charge in [0.05, 0.1) is 5.25 Å². The summed E-state index contributed by atoms with van der Waals surface area (Å²) in [6.07, 6.45) is 5.55. The van der Waals surface area contributed by atoms with E-state index in [2.05, 4.69) is 20.5 Å².